The molecule has 18 heavy (non-hydrogen) atoms. The monoisotopic (exact) mass is 252 g/mol. The third-order valence-electron chi connectivity index (χ3n) is 5.81. The molecule has 2 rings (SSSR count). The van der Waals surface area contributed by atoms with Gasteiger partial charge >= 0.3 is 0 Å². The fraction of sp³-hybridized carbons (Fsp3) is 1.00. The minimum atomic E-state index is 0.302. The van der Waals surface area contributed by atoms with Crippen LogP contribution in [0, 0.1) is 17.8 Å². The highest BCUT2D eigenvalue weighted by atomic mass is 15.2. The molecule has 2 nitrogen and oxygen atoms in total. The van der Waals surface area contributed by atoms with Gasteiger partial charge in [0, 0.05) is 18.6 Å². The lowest BCUT2D eigenvalue weighted by molar-refractivity contribution is -0.0142. The molecular weight excluding hydrogens is 220 g/mol. The maximum absolute atomic E-state index is 6.24. The van der Waals surface area contributed by atoms with Gasteiger partial charge in [-0.05, 0) is 56.4 Å². The molecule has 0 radical (unpaired) electrons. The van der Waals surface area contributed by atoms with Crippen molar-refractivity contribution in [3.63, 3.8) is 0 Å². The molecule has 0 aromatic heterocycles. The van der Waals surface area contributed by atoms with Crippen molar-refractivity contribution in [2.24, 2.45) is 23.5 Å². The Hall–Kier alpha value is -0.0800. The van der Waals surface area contributed by atoms with Gasteiger partial charge in [0.2, 0.25) is 0 Å². The van der Waals surface area contributed by atoms with Gasteiger partial charge in [0.15, 0.2) is 0 Å². The van der Waals surface area contributed by atoms with Gasteiger partial charge in [0.25, 0.3) is 0 Å². The fourth-order valence-corrected chi connectivity index (χ4v) is 4.20. The summed E-state index contributed by atoms with van der Waals surface area (Å²) in [4.78, 5) is 2.74. The molecule has 3 atom stereocenters. The van der Waals surface area contributed by atoms with Gasteiger partial charge in [0.05, 0.1) is 0 Å². The van der Waals surface area contributed by atoms with E-state index in [0.717, 1.165) is 24.3 Å². The molecule has 0 spiro atoms. The van der Waals surface area contributed by atoms with Crippen molar-refractivity contribution < 1.29 is 0 Å². The second-order valence-electron chi connectivity index (χ2n) is 6.92. The van der Waals surface area contributed by atoms with E-state index in [0.29, 0.717) is 5.54 Å². The molecule has 2 aliphatic rings. The van der Waals surface area contributed by atoms with E-state index in [1.807, 2.05) is 0 Å². The van der Waals surface area contributed by atoms with E-state index in [1.54, 1.807) is 0 Å². The third kappa shape index (κ3) is 2.60. The van der Waals surface area contributed by atoms with Gasteiger partial charge in [-0.3, -0.25) is 4.90 Å². The number of rotatable bonds is 5. The van der Waals surface area contributed by atoms with E-state index in [2.05, 4.69) is 25.7 Å². The largest absolute Gasteiger partial charge is 0.329 e. The maximum Gasteiger partial charge on any atom is 0.0357 e. The van der Waals surface area contributed by atoms with E-state index >= 15 is 0 Å². The van der Waals surface area contributed by atoms with Crippen LogP contribution in [0.2, 0.25) is 0 Å². The minimum absolute atomic E-state index is 0.302. The van der Waals surface area contributed by atoms with Crippen LogP contribution in [0.25, 0.3) is 0 Å². The number of hydrogen-bond acceptors (Lipinski definition) is 2. The van der Waals surface area contributed by atoms with Crippen molar-refractivity contribution in [2.75, 3.05) is 19.6 Å². The van der Waals surface area contributed by atoms with Crippen molar-refractivity contribution in [3.05, 3.63) is 0 Å². The first-order valence-corrected chi connectivity index (χ1v) is 8.07. The van der Waals surface area contributed by atoms with E-state index in [1.165, 1.54) is 51.6 Å². The van der Waals surface area contributed by atoms with Gasteiger partial charge in [-0.2, -0.15) is 0 Å². The molecule has 3 unspecified atom stereocenters. The van der Waals surface area contributed by atoms with Crippen molar-refractivity contribution >= 4 is 0 Å². The number of hydrogen-bond donors (Lipinski definition) is 1. The highest BCUT2D eigenvalue weighted by Crippen LogP contribution is 2.41. The van der Waals surface area contributed by atoms with Crippen LogP contribution < -0.4 is 5.73 Å². The predicted molar refractivity (Wildman–Crippen MR) is 78.6 cm³/mol. The van der Waals surface area contributed by atoms with Crippen molar-refractivity contribution in [1.29, 1.82) is 0 Å². The Morgan fingerprint density at radius 3 is 2.39 bits per heavy atom. The summed E-state index contributed by atoms with van der Waals surface area (Å²) in [5.41, 5.74) is 6.55. The molecule has 0 aromatic carbocycles. The average molecular weight is 252 g/mol. The zero-order chi connectivity index (χ0) is 13.2. The van der Waals surface area contributed by atoms with Crippen LogP contribution in [0.1, 0.15) is 59.3 Å². The molecule has 2 saturated carbocycles. The van der Waals surface area contributed by atoms with Crippen molar-refractivity contribution in [3.8, 4) is 0 Å². The zero-order valence-electron chi connectivity index (χ0n) is 12.6. The summed E-state index contributed by atoms with van der Waals surface area (Å²) in [5, 5.41) is 0. The molecule has 106 valence electrons. The Balaban J connectivity index is 2.07. The SMILES string of the molecule is CCN(CC1CCC1)C1(CN)CCC(C)CC1C. The maximum atomic E-state index is 6.24. The molecule has 0 saturated heterocycles. The predicted octanol–water partition coefficient (Wildman–Crippen LogP) is 3.26. The molecule has 0 bridgehead atoms. The summed E-state index contributed by atoms with van der Waals surface area (Å²) in [6, 6.07) is 0. The second-order valence-corrected chi connectivity index (χ2v) is 6.92. The number of nitrogens with two attached hydrogens (primary N) is 1. The van der Waals surface area contributed by atoms with E-state index in [4.69, 9.17) is 5.73 Å². The Morgan fingerprint density at radius 2 is 1.94 bits per heavy atom. The normalized spacial score (nSPS) is 37.8. The lowest BCUT2D eigenvalue weighted by Gasteiger charge is -2.52. The van der Waals surface area contributed by atoms with Gasteiger partial charge in [0.1, 0.15) is 0 Å². The molecule has 2 N–H and O–H groups in total. The molecule has 0 aromatic rings. The number of nitrogens with zero attached hydrogens (tertiary/aromatic N) is 1. The molecule has 2 heteroatoms. The average Bonchev–Trinajstić information content (AvgIpc) is 2.30. The Kier molecular flexibility index (Phi) is 4.71. The third-order valence-corrected chi connectivity index (χ3v) is 5.81. The molecule has 2 fully saturated rings. The standard InChI is InChI=1S/C16H32N2/c1-4-18(11-15-6-5-7-15)16(12-17)9-8-13(2)10-14(16)3/h13-15H,4-12,17H2,1-3H3. The van der Waals surface area contributed by atoms with Crippen LogP contribution in [-0.2, 0) is 0 Å². The van der Waals surface area contributed by atoms with Crippen LogP contribution in [0.5, 0.6) is 0 Å². The first-order valence-electron chi connectivity index (χ1n) is 8.07. The van der Waals surface area contributed by atoms with Crippen molar-refractivity contribution in [2.45, 2.75) is 64.8 Å². The molecule has 0 heterocycles. The molecular formula is C16H32N2. The first-order chi connectivity index (χ1) is 8.62. The minimum Gasteiger partial charge on any atom is -0.329 e. The van der Waals surface area contributed by atoms with Gasteiger partial charge in [-0.25, -0.2) is 0 Å². The molecule has 0 amide bonds. The Morgan fingerprint density at radius 1 is 1.22 bits per heavy atom. The van der Waals surface area contributed by atoms with Crippen LogP contribution in [-0.4, -0.2) is 30.1 Å². The lowest BCUT2D eigenvalue weighted by atomic mass is 9.68. The smallest absolute Gasteiger partial charge is 0.0357 e. The second kappa shape index (κ2) is 5.92. The van der Waals surface area contributed by atoms with E-state index in [9.17, 15) is 0 Å². The van der Waals surface area contributed by atoms with E-state index < -0.39 is 0 Å². The summed E-state index contributed by atoms with van der Waals surface area (Å²) >= 11 is 0. The van der Waals surface area contributed by atoms with E-state index in [-0.39, 0.29) is 0 Å². The summed E-state index contributed by atoms with van der Waals surface area (Å²) in [6.45, 7) is 10.5. The summed E-state index contributed by atoms with van der Waals surface area (Å²) in [6.07, 6.45) is 8.38. The highest BCUT2D eigenvalue weighted by Gasteiger charge is 2.43. The zero-order valence-corrected chi connectivity index (χ0v) is 12.6. The highest BCUT2D eigenvalue weighted by molar-refractivity contribution is 5.00. The van der Waals surface area contributed by atoms with Gasteiger partial charge in [-0.15, -0.1) is 0 Å². The summed E-state index contributed by atoms with van der Waals surface area (Å²) in [7, 11) is 0. The van der Waals surface area contributed by atoms with Crippen LogP contribution in [0.4, 0.5) is 0 Å². The van der Waals surface area contributed by atoms with Crippen LogP contribution in [0.3, 0.4) is 0 Å². The first kappa shape index (κ1) is 14.3. The summed E-state index contributed by atoms with van der Waals surface area (Å²) < 4.78 is 0. The van der Waals surface area contributed by atoms with Gasteiger partial charge < -0.3 is 5.73 Å². The van der Waals surface area contributed by atoms with Crippen LogP contribution >= 0.6 is 0 Å². The fourth-order valence-electron chi connectivity index (χ4n) is 4.20. The number of likely N-dealkylation sites (N-methyl/N-ethyl adjacent to an activating group) is 1. The molecule has 2 aliphatic carbocycles. The van der Waals surface area contributed by atoms with Crippen molar-refractivity contribution in [1.82, 2.24) is 4.90 Å². The van der Waals surface area contributed by atoms with Crippen LogP contribution in [0.15, 0.2) is 0 Å². The topological polar surface area (TPSA) is 29.3 Å². The quantitative estimate of drug-likeness (QED) is 0.814. The summed E-state index contributed by atoms with van der Waals surface area (Å²) in [5.74, 6) is 2.60. The van der Waals surface area contributed by atoms with Gasteiger partial charge in [-0.1, -0.05) is 27.2 Å². The Labute approximate surface area is 113 Å². The lowest BCUT2D eigenvalue weighted by Crippen LogP contribution is -2.61. The Bertz CT molecular complexity index is 262. The molecule has 0 aliphatic heterocycles.